The molecule has 140 valence electrons. The van der Waals surface area contributed by atoms with E-state index in [1.54, 1.807) is 6.07 Å². The second kappa shape index (κ2) is 7.40. The van der Waals surface area contributed by atoms with E-state index in [9.17, 15) is 14.3 Å². The van der Waals surface area contributed by atoms with Gasteiger partial charge in [-0.3, -0.25) is 0 Å². The van der Waals surface area contributed by atoms with Crippen molar-refractivity contribution in [3.05, 3.63) is 71.6 Å². The van der Waals surface area contributed by atoms with E-state index in [-0.39, 0.29) is 31.8 Å². The number of rotatable bonds is 4. The van der Waals surface area contributed by atoms with Gasteiger partial charge in [0.05, 0.1) is 14.0 Å². The maximum atomic E-state index is 13.5. The minimum atomic E-state index is -0.680. The third-order valence-corrected chi connectivity index (χ3v) is 4.87. The number of aliphatic hydroxyl groups excluding tert-OH is 1. The number of hydrogen-bond donors (Lipinski definition) is 2. The lowest BCUT2D eigenvalue weighted by atomic mass is 10.0. The van der Waals surface area contributed by atoms with E-state index in [0.717, 1.165) is 10.5 Å². The van der Waals surface area contributed by atoms with Gasteiger partial charge in [0.2, 0.25) is 0 Å². The number of likely N-dealkylation sites (tertiary alicyclic amines) is 1. The molecule has 0 bridgehead atoms. The van der Waals surface area contributed by atoms with Gasteiger partial charge >= 0.3 is 6.09 Å². The van der Waals surface area contributed by atoms with Gasteiger partial charge in [-0.05, 0) is 42.2 Å². The number of aromatic amines is 1. The molecule has 1 aliphatic heterocycles. The van der Waals surface area contributed by atoms with Gasteiger partial charge in [0.15, 0.2) is 1.41 Å². The lowest BCUT2D eigenvalue weighted by Crippen LogP contribution is -2.37. The first-order chi connectivity index (χ1) is 13.9. The molecule has 0 aliphatic carbocycles. The number of carbonyl (C=O) groups is 1. The fourth-order valence-corrected chi connectivity index (χ4v) is 3.54. The van der Waals surface area contributed by atoms with E-state index in [1.807, 2.05) is 30.3 Å². The zero-order valence-corrected chi connectivity index (χ0v) is 14.6. The molecule has 2 aromatic carbocycles. The number of nitrogens with zero attached hydrogens (tertiary/aromatic N) is 1. The smallest absolute Gasteiger partial charge is 0.410 e. The minimum Gasteiger partial charge on any atom is -0.445 e. The number of β-amino-alcohol motifs (C(OH)–C–C–N with tert-alkyl or cyclic N) is 1. The summed E-state index contributed by atoms with van der Waals surface area (Å²) in [5, 5.41) is 10.7. The third kappa shape index (κ3) is 3.80. The molecule has 6 heteroatoms. The second-order valence-electron chi connectivity index (χ2n) is 6.80. The number of H-pyrrole nitrogens is 1. The van der Waals surface area contributed by atoms with Gasteiger partial charge in [-0.1, -0.05) is 30.3 Å². The van der Waals surface area contributed by atoms with Gasteiger partial charge in [0, 0.05) is 23.1 Å². The predicted molar refractivity (Wildman–Crippen MR) is 99.7 cm³/mol. The highest BCUT2D eigenvalue weighted by Crippen LogP contribution is 2.27. The molecule has 0 radical (unpaired) electrons. The van der Waals surface area contributed by atoms with Crippen LogP contribution in [0.2, 0.25) is 1.41 Å². The van der Waals surface area contributed by atoms with Crippen molar-refractivity contribution >= 4 is 17.0 Å². The molecule has 0 saturated carbocycles. The monoisotopic (exact) mass is 370 g/mol. The highest BCUT2D eigenvalue weighted by molar-refractivity contribution is 5.83. The first-order valence-electron chi connectivity index (χ1n) is 9.83. The van der Waals surface area contributed by atoms with Crippen LogP contribution in [0.5, 0.6) is 0 Å². The van der Waals surface area contributed by atoms with Crippen LogP contribution in [0.1, 0.15) is 18.9 Å². The number of hydrogen-bond acceptors (Lipinski definition) is 3. The van der Waals surface area contributed by atoms with Crippen LogP contribution in [0.4, 0.5) is 9.18 Å². The number of amides is 1. The molecule has 3 aromatic rings. The number of halogens is 1. The lowest BCUT2D eigenvalue weighted by molar-refractivity contribution is 0.0877. The summed E-state index contributed by atoms with van der Waals surface area (Å²) >= 11 is 0. The van der Waals surface area contributed by atoms with Gasteiger partial charge in [-0.25, -0.2) is 9.18 Å². The van der Waals surface area contributed by atoms with Gasteiger partial charge in [0.1, 0.15) is 12.4 Å². The Bertz CT molecular complexity index is 1040. The molecule has 4 rings (SSSR count). The van der Waals surface area contributed by atoms with Gasteiger partial charge < -0.3 is 19.7 Å². The lowest BCUT2D eigenvalue weighted by Gasteiger charge is -2.23. The Kier molecular flexibility index (Phi) is 4.17. The Labute approximate surface area is 159 Å². The van der Waals surface area contributed by atoms with Crippen molar-refractivity contribution in [2.45, 2.75) is 31.6 Å². The van der Waals surface area contributed by atoms with Crippen molar-refractivity contribution in [2.24, 2.45) is 0 Å². The van der Waals surface area contributed by atoms with Crippen LogP contribution >= 0.6 is 0 Å². The SMILES string of the molecule is [2H]c1c(CC2CC(O)CN2C(=O)OCc2ccccc2)c2ccc(F)cc2n1[2H]. The molecule has 2 N–H and O–H groups in total. The molecule has 1 aromatic heterocycles. The topological polar surface area (TPSA) is 65.6 Å². The van der Waals surface area contributed by atoms with E-state index in [0.29, 0.717) is 22.9 Å². The fraction of sp³-hybridized carbons (Fsp3) is 0.286. The number of ether oxygens (including phenoxy) is 1. The summed E-state index contributed by atoms with van der Waals surface area (Å²) in [6.45, 7) is 0.285. The normalized spacial score (nSPS) is 20.6. The van der Waals surface area contributed by atoms with Gasteiger partial charge in [-0.15, -0.1) is 0 Å². The molecule has 1 aliphatic rings. The molecule has 1 amide bonds. The molecular formula is C21H21FN2O3. The molecule has 5 nitrogen and oxygen atoms in total. The molecule has 1 saturated heterocycles. The summed E-state index contributed by atoms with van der Waals surface area (Å²) in [4.78, 5) is 15.0. The zero-order valence-electron chi connectivity index (χ0n) is 16.6. The number of nitrogens with one attached hydrogen (secondary N) is 1. The first-order valence-corrected chi connectivity index (χ1v) is 8.88. The number of aromatic nitrogens is 1. The van der Waals surface area contributed by atoms with Crippen molar-refractivity contribution in [3.63, 3.8) is 0 Å². The summed E-state index contributed by atoms with van der Waals surface area (Å²) in [5.74, 6) is -0.475. The Morgan fingerprint density at radius 3 is 3.00 bits per heavy atom. The van der Waals surface area contributed by atoms with Gasteiger partial charge in [-0.2, -0.15) is 0 Å². The van der Waals surface area contributed by atoms with Crippen molar-refractivity contribution in [1.82, 2.24) is 9.88 Å². The van der Waals surface area contributed by atoms with Crippen molar-refractivity contribution in [3.8, 4) is 0 Å². The van der Waals surface area contributed by atoms with Crippen molar-refractivity contribution < 1.29 is 21.8 Å². The van der Waals surface area contributed by atoms with E-state index in [1.165, 1.54) is 17.0 Å². The molecule has 2 heterocycles. The number of benzene rings is 2. The number of carbonyl (C=O) groups excluding carboxylic acids is 1. The fourth-order valence-electron chi connectivity index (χ4n) is 3.54. The highest BCUT2D eigenvalue weighted by atomic mass is 19.1. The molecule has 2 atom stereocenters. The highest BCUT2D eigenvalue weighted by Gasteiger charge is 2.35. The van der Waals surface area contributed by atoms with Crippen molar-refractivity contribution in [1.29, 1.82) is 0 Å². The van der Waals surface area contributed by atoms with Crippen LogP contribution < -0.4 is 0 Å². The summed E-state index contributed by atoms with van der Waals surface area (Å²) in [6, 6.07) is 13.0. The van der Waals surface area contributed by atoms with Gasteiger partial charge in [0.25, 0.3) is 0 Å². The van der Waals surface area contributed by atoms with E-state index < -0.39 is 18.0 Å². The molecular weight excluding hydrogens is 347 g/mol. The average Bonchev–Trinajstić information content (AvgIpc) is 3.20. The minimum absolute atomic E-state index is 0.0513. The summed E-state index contributed by atoms with van der Waals surface area (Å²) in [7, 11) is 0. The third-order valence-electron chi connectivity index (χ3n) is 4.87. The van der Waals surface area contributed by atoms with Crippen LogP contribution in [0.3, 0.4) is 0 Å². The predicted octanol–water partition coefficient (Wildman–Crippen LogP) is 3.62. The van der Waals surface area contributed by atoms with E-state index >= 15 is 0 Å². The summed E-state index contributed by atoms with van der Waals surface area (Å²) in [5.41, 5.74) is 1.72. The van der Waals surface area contributed by atoms with Crippen LogP contribution in [0.15, 0.2) is 54.7 Å². The van der Waals surface area contributed by atoms with E-state index in [4.69, 9.17) is 7.52 Å². The Morgan fingerprint density at radius 2 is 2.19 bits per heavy atom. The molecule has 1 fully saturated rings. The Morgan fingerprint density at radius 1 is 1.37 bits per heavy atom. The second-order valence-corrected chi connectivity index (χ2v) is 6.80. The molecule has 2 unspecified atom stereocenters. The van der Waals surface area contributed by atoms with Crippen molar-refractivity contribution in [2.75, 3.05) is 6.54 Å². The van der Waals surface area contributed by atoms with Crippen LogP contribution in [-0.4, -0.2) is 39.8 Å². The summed E-state index contributed by atoms with van der Waals surface area (Å²) < 4.78 is 35.2. The molecule has 27 heavy (non-hydrogen) atoms. The standard InChI is InChI=1S/C21H21FN2O3/c22-16-6-7-19-15(11-23-20(19)9-16)8-17-10-18(25)12-24(17)21(26)27-13-14-4-2-1-3-5-14/h1-7,9,11,17-18,23,25H,8,10,12-13H2/i11D/hD. The Balaban J connectivity index is 1.54. The number of aliphatic hydroxyl groups is 1. The quantitative estimate of drug-likeness (QED) is 0.737. The van der Waals surface area contributed by atoms with Crippen LogP contribution in [0, 0.1) is 5.82 Å². The van der Waals surface area contributed by atoms with Crippen LogP contribution in [-0.2, 0) is 17.8 Å². The Hall–Kier alpha value is -2.86. The first kappa shape index (κ1) is 15.2. The van der Waals surface area contributed by atoms with E-state index in [2.05, 4.69) is 0 Å². The molecule has 0 spiro atoms. The zero-order chi connectivity index (χ0) is 20.5. The maximum absolute atomic E-state index is 13.5. The average molecular weight is 370 g/mol. The number of fused-ring (bicyclic) bond motifs is 1. The van der Waals surface area contributed by atoms with Crippen LogP contribution in [0.25, 0.3) is 10.9 Å². The maximum Gasteiger partial charge on any atom is 0.410 e. The summed E-state index contributed by atoms with van der Waals surface area (Å²) in [6.07, 6.45) is -0.622. The largest absolute Gasteiger partial charge is 0.445 e.